The van der Waals surface area contributed by atoms with E-state index in [1.54, 1.807) is 7.05 Å². The summed E-state index contributed by atoms with van der Waals surface area (Å²) in [5.74, 6) is -1.40. The molecule has 18 heavy (non-hydrogen) atoms. The largest absolute Gasteiger partial charge is 0.478 e. The number of rotatable bonds is 6. The van der Waals surface area contributed by atoms with Gasteiger partial charge in [0.15, 0.2) is 0 Å². The highest BCUT2D eigenvalue weighted by Gasteiger charge is 2.04. The molecule has 0 aromatic heterocycles. The first-order chi connectivity index (χ1) is 8.59. The van der Waals surface area contributed by atoms with Gasteiger partial charge in [0.25, 0.3) is 0 Å². The smallest absolute Gasteiger partial charge is 0.328 e. The van der Waals surface area contributed by atoms with Gasteiger partial charge in [0.05, 0.1) is 0 Å². The monoisotopic (exact) mass is 247 g/mol. The normalized spacial score (nSPS) is 10.5. The van der Waals surface area contributed by atoms with Gasteiger partial charge in [-0.15, -0.1) is 0 Å². The van der Waals surface area contributed by atoms with Gasteiger partial charge in [0.1, 0.15) is 0 Å². The minimum absolute atomic E-state index is 0.287. The summed E-state index contributed by atoms with van der Waals surface area (Å²) < 4.78 is 0. The predicted octanol–water partition coefficient (Wildman–Crippen LogP) is 1.72. The molecule has 0 bridgehead atoms. The number of amides is 1. The van der Waals surface area contributed by atoms with E-state index in [4.69, 9.17) is 5.11 Å². The Morgan fingerprint density at radius 2 is 1.89 bits per heavy atom. The van der Waals surface area contributed by atoms with Crippen LogP contribution in [0.4, 0.5) is 0 Å². The van der Waals surface area contributed by atoms with Crippen LogP contribution in [0.25, 0.3) is 0 Å². The summed E-state index contributed by atoms with van der Waals surface area (Å²) in [6.45, 7) is 0.609. The predicted molar refractivity (Wildman–Crippen MR) is 69.2 cm³/mol. The Kier molecular flexibility index (Phi) is 5.64. The van der Waals surface area contributed by atoms with Gasteiger partial charge in [-0.25, -0.2) is 4.79 Å². The summed E-state index contributed by atoms with van der Waals surface area (Å²) in [6.07, 6.45) is 3.69. The number of aryl methyl sites for hydroxylation is 1. The maximum Gasteiger partial charge on any atom is 0.328 e. The van der Waals surface area contributed by atoms with Gasteiger partial charge in [-0.3, -0.25) is 4.79 Å². The first-order valence-corrected chi connectivity index (χ1v) is 5.79. The summed E-state index contributed by atoms with van der Waals surface area (Å²) in [7, 11) is 1.67. The van der Waals surface area contributed by atoms with Crippen LogP contribution in [0.15, 0.2) is 42.5 Å². The van der Waals surface area contributed by atoms with Crippen molar-refractivity contribution in [2.24, 2.45) is 0 Å². The molecule has 0 fully saturated rings. The number of carbonyl (C=O) groups excluding carboxylic acids is 1. The Bertz CT molecular complexity index is 426. The van der Waals surface area contributed by atoms with Crippen molar-refractivity contribution >= 4 is 11.9 Å². The van der Waals surface area contributed by atoms with Gasteiger partial charge < -0.3 is 10.0 Å². The fourth-order valence-corrected chi connectivity index (χ4v) is 1.55. The Morgan fingerprint density at radius 3 is 2.50 bits per heavy atom. The fourth-order valence-electron chi connectivity index (χ4n) is 1.55. The third kappa shape index (κ3) is 5.30. The lowest BCUT2D eigenvalue weighted by atomic mass is 10.1. The number of hydrogen-bond donors (Lipinski definition) is 1. The lowest BCUT2D eigenvalue weighted by molar-refractivity contribution is -0.132. The van der Waals surface area contributed by atoms with Crippen molar-refractivity contribution in [1.82, 2.24) is 4.90 Å². The van der Waals surface area contributed by atoms with Crippen molar-refractivity contribution in [1.29, 1.82) is 0 Å². The highest BCUT2D eigenvalue weighted by molar-refractivity contribution is 5.93. The molecule has 0 aliphatic heterocycles. The van der Waals surface area contributed by atoms with E-state index < -0.39 is 5.97 Å². The second kappa shape index (κ2) is 7.27. The Balaban J connectivity index is 2.31. The fraction of sp³-hybridized carbons (Fsp3) is 0.286. The van der Waals surface area contributed by atoms with Crippen LogP contribution in [0.5, 0.6) is 0 Å². The number of aliphatic carboxylic acids is 1. The standard InChI is InChI=1S/C14H17NO3/c1-15(13(16)9-10-14(17)18)11-5-8-12-6-3-2-4-7-12/h2-4,6-7,9-10H,5,8,11H2,1H3,(H,17,18)/b10-9+. The van der Waals surface area contributed by atoms with Crippen LogP contribution in [-0.2, 0) is 16.0 Å². The topological polar surface area (TPSA) is 57.6 Å². The summed E-state index contributed by atoms with van der Waals surface area (Å²) in [6, 6.07) is 10.0. The zero-order valence-corrected chi connectivity index (χ0v) is 10.4. The van der Waals surface area contributed by atoms with E-state index in [1.165, 1.54) is 10.5 Å². The first kappa shape index (κ1) is 14.0. The van der Waals surface area contributed by atoms with E-state index in [0.29, 0.717) is 6.54 Å². The molecular weight excluding hydrogens is 230 g/mol. The van der Waals surface area contributed by atoms with Crippen LogP contribution in [0.2, 0.25) is 0 Å². The molecular formula is C14H17NO3. The Morgan fingerprint density at radius 1 is 1.22 bits per heavy atom. The van der Waals surface area contributed by atoms with Crippen LogP contribution in [0.3, 0.4) is 0 Å². The molecule has 1 aromatic carbocycles. The molecule has 0 saturated carbocycles. The lowest BCUT2D eigenvalue weighted by Gasteiger charge is -2.14. The minimum atomic E-state index is -1.11. The van der Waals surface area contributed by atoms with E-state index in [1.807, 2.05) is 30.3 Å². The second-order valence-corrected chi connectivity index (χ2v) is 4.02. The van der Waals surface area contributed by atoms with Crippen LogP contribution in [0.1, 0.15) is 12.0 Å². The molecule has 1 N–H and O–H groups in total. The van der Waals surface area contributed by atoms with E-state index in [-0.39, 0.29) is 5.91 Å². The maximum atomic E-state index is 11.5. The minimum Gasteiger partial charge on any atom is -0.478 e. The summed E-state index contributed by atoms with van der Waals surface area (Å²) >= 11 is 0. The number of nitrogens with zero attached hydrogens (tertiary/aromatic N) is 1. The molecule has 4 nitrogen and oxygen atoms in total. The summed E-state index contributed by atoms with van der Waals surface area (Å²) in [4.78, 5) is 23.2. The highest BCUT2D eigenvalue weighted by Crippen LogP contribution is 2.03. The molecule has 0 atom stereocenters. The number of carboxylic acid groups (broad SMARTS) is 1. The maximum absolute atomic E-state index is 11.5. The van der Waals surface area contributed by atoms with Gasteiger partial charge in [0.2, 0.25) is 5.91 Å². The number of hydrogen-bond acceptors (Lipinski definition) is 2. The van der Waals surface area contributed by atoms with E-state index in [9.17, 15) is 9.59 Å². The lowest BCUT2D eigenvalue weighted by Crippen LogP contribution is -2.26. The molecule has 4 heteroatoms. The van der Waals surface area contributed by atoms with Crippen molar-refractivity contribution in [2.75, 3.05) is 13.6 Å². The van der Waals surface area contributed by atoms with Gasteiger partial charge in [-0.1, -0.05) is 30.3 Å². The molecule has 1 amide bonds. The van der Waals surface area contributed by atoms with Gasteiger partial charge in [0, 0.05) is 25.7 Å². The van der Waals surface area contributed by atoms with Crippen molar-refractivity contribution < 1.29 is 14.7 Å². The summed E-state index contributed by atoms with van der Waals surface area (Å²) in [5, 5.41) is 8.41. The third-order valence-electron chi connectivity index (χ3n) is 2.55. The summed E-state index contributed by atoms with van der Waals surface area (Å²) in [5.41, 5.74) is 1.24. The van der Waals surface area contributed by atoms with Crippen LogP contribution >= 0.6 is 0 Å². The van der Waals surface area contributed by atoms with E-state index in [2.05, 4.69) is 0 Å². The van der Waals surface area contributed by atoms with Crippen molar-refractivity contribution in [3.05, 3.63) is 48.0 Å². The van der Waals surface area contributed by atoms with Crippen LogP contribution in [0, 0.1) is 0 Å². The van der Waals surface area contributed by atoms with E-state index in [0.717, 1.165) is 25.0 Å². The highest BCUT2D eigenvalue weighted by atomic mass is 16.4. The number of likely N-dealkylation sites (N-methyl/N-ethyl adjacent to an activating group) is 1. The zero-order chi connectivity index (χ0) is 13.4. The third-order valence-corrected chi connectivity index (χ3v) is 2.55. The number of benzene rings is 1. The first-order valence-electron chi connectivity index (χ1n) is 5.79. The van der Waals surface area contributed by atoms with Crippen molar-refractivity contribution in [3.8, 4) is 0 Å². The Labute approximate surface area is 107 Å². The molecule has 0 spiro atoms. The van der Waals surface area contributed by atoms with E-state index >= 15 is 0 Å². The molecule has 0 aliphatic rings. The van der Waals surface area contributed by atoms with Crippen LogP contribution < -0.4 is 0 Å². The average molecular weight is 247 g/mol. The molecule has 1 aromatic rings. The molecule has 96 valence electrons. The van der Waals surface area contributed by atoms with Crippen molar-refractivity contribution in [3.63, 3.8) is 0 Å². The zero-order valence-electron chi connectivity index (χ0n) is 10.4. The van der Waals surface area contributed by atoms with Gasteiger partial charge in [-0.2, -0.15) is 0 Å². The van der Waals surface area contributed by atoms with Gasteiger partial charge in [-0.05, 0) is 18.4 Å². The molecule has 1 rings (SSSR count). The average Bonchev–Trinajstić information content (AvgIpc) is 2.37. The molecule has 0 aliphatic carbocycles. The SMILES string of the molecule is CN(CCCc1ccccc1)C(=O)/C=C/C(=O)O. The second-order valence-electron chi connectivity index (χ2n) is 4.02. The quantitative estimate of drug-likeness (QED) is 0.779. The molecule has 0 saturated heterocycles. The number of carboxylic acids is 1. The van der Waals surface area contributed by atoms with Crippen LogP contribution in [-0.4, -0.2) is 35.5 Å². The van der Waals surface area contributed by atoms with Gasteiger partial charge >= 0.3 is 5.97 Å². The molecule has 0 radical (unpaired) electrons. The molecule has 0 unspecified atom stereocenters. The number of carbonyl (C=O) groups is 2. The Hall–Kier alpha value is -2.10. The van der Waals surface area contributed by atoms with Crippen molar-refractivity contribution in [2.45, 2.75) is 12.8 Å². The molecule has 0 heterocycles.